The van der Waals surface area contributed by atoms with Crippen LogP contribution in [0.15, 0.2) is 33.7 Å². The van der Waals surface area contributed by atoms with Crippen molar-refractivity contribution in [3.05, 3.63) is 45.1 Å². The summed E-state index contributed by atoms with van der Waals surface area (Å²) >= 11 is 6.60. The summed E-state index contributed by atoms with van der Waals surface area (Å²) in [5.41, 5.74) is 1.19. The van der Waals surface area contributed by atoms with Gasteiger partial charge < -0.3 is 0 Å². The van der Waals surface area contributed by atoms with Crippen molar-refractivity contribution in [3.8, 4) is 0 Å². The van der Waals surface area contributed by atoms with E-state index in [0.29, 0.717) is 0 Å². The quantitative estimate of drug-likeness (QED) is 0.700. The van der Waals surface area contributed by atoms with Gasteiger partial charge in [-0.15, -0.1) is 0 Å². The van der Waals surface area contributed by atoms with Gasteiger partial charge >= 0.3 is 0 Å². The van der Waals surface area contributed by atoms with Crippen molar-refractivity contribution in [1.82, 2.24) is 0 Å². The predicted octanol–water partition coefficient (Wildman–Crippen LogP) is 4.78. The lowest BCUT2D eigenvalue weighted by Gasteiger charge is -1.98. The number of benzene rings is 1. The van der Waals surface area contributed by atoms with E-state index in [0.717, 1.165) is 22.7 Å². The van der Waals surface area contributed by atoms with Crippen LogP contribution in [0, 0.1) is 5.82 Å². The summed E-state index contributed by atoms with van der Waals surface area (Å²) < 4.78 is 13.5. The van der Waals surface area contributed by atoms with Crippen LogP contribution in [-0.4, -0.2) is 0 Å². The molecule has 3 heteroatoms. The SMILES string of the molecule is Fc1ccc(CCCC=C(Br)Br)cc1. The van der Waals surface area contributed by atoms with E-state index < -0.39 is 0 Å². The van der Waals surface area contributed by atoms with Crippen molar-refractivity contribution >= 4 is 31.9 Å². The third kappa shape index (κ3) is 4.91. The Balaban J connectivity index is 2.32. The lowest BCUT2D eigenvalue weighted by Crippen LogP contribution is -1.84. The molecular weight excluding hydrogens is 311 g/mol. The third-order valence-corrected chi connectivity index (χ3v) is 2.53. The second kappa shape index (κ2) is 6.36. The highest BCUT2D eigenvalue weighted by atomic mass is 79.9. The number of allylic oxidation sites excluding steroid dienone is 1. The van der Waals surface area contributed by atoms with Crippen molar-refractivity contribution in [2.24, 2.45) is 0 Å². The normalized spacial score (nSPS) is 9.93. The summed E-state index contributed by atoms with van der Waals surface area (Å²) in [4.78, 5) is 0. The molecular formula is C11H11Br2F. The standard InChI is InChI=1S/C11H11Br2F/c12-11(13)4-2-1-3-9-5-7-10(14)8-6-9/h4-8H,1-3H2. The van der Waals surface area contributed by atoms with Crippen molar-refractivity contribution in [2.45, 2.75) is 19.3 Å². The van der Waals surface area contributed by atoms with Crippen LogP contribution in [0.1, 0.15) is 18.4 Å². The second-order valence-corrected chi connectivity index (χ2v) is 5.79. The molecule has 0 saturated carbocycles. The summed E-state index contributed by atoms with van der Waals surface area (Å²) in [5, 5.41) is 0. The van der Waals surface area contributed by atoms with Crippen LogP contribution < -0.4 is 0 Å². The van der Waals surface area contributed by atoms with E-state index in [-0.39, 0.29) is 5.82 Å². The Morgan fingerprint density at radius 3 is 2.43 bits per heavy atom. The van der Waals surface area contributed by atoms with E-state index in [2.05, 4.69) is 37.9 Å². The van der Waals surface area contributed by atoms with Crippen LogP contribution in [0.4, 0.5) is 4.39 Å². The van der Waals surface area contributed by atoms with Crippen LogP contribution in [0.25, 0.3) is 0 Å². The lowest BCUT2D eigenvalue weighted by atomic mass is 10.1. The summed E-state index contributed by atoms with van der Waals surface area (Å²) in [5.74, 6) is -0.170. The monoisotopic (exact) mass is 320 g/mol. The average molecular weight is 322 g/mol. The fraction of sp³-hybridized carbons (Fsp3) is 0.273. The Hall–Kier alpha value is -0.150. The number of hydrogen-bond donors (Lipinski definition) is 0. The van der Waals surface area contributed by atoms with Gasteiger partial charge in [-0.25, -0.2) is 4.39 Å². The molecule has 0 unspecified atom stereocenters. The van der Waals surface area contributed by atoms with Crippen LogP contribution in [-0.2, 0) is 6.42 Å². The predicted molar refractivity (Wildman–Crippen MR) is 65.3 cm³/mol. The van der Waals surface area contributed by atoms with E-state index in [4.69, 9.17) is 0 Å². The second-order valence-electron chi connectivity index (χ2n) is 3.01. The molecule has 0 amide bonds. The van der Waals surface area contributed by atoms with Crippen LogP contribution in [0.3, 0.4) is 0 Å². The zero-order valence-electron chi connectivity index (χ0n) is 7.64. The smallest absolute Gasteiger partial charge is 0.123 e. The molecule has 0 aliphatic rings. The number of unbranched alkanes of at least 4 members (excludes halogenated alkanes) is 1. The van der Waals surface area contributed by atoms with Crippen molar-refractivity contribution in [2.75, 3.05) is 0 Å². The molecule has 0 heterocycles. The molecule has 0 fully saturated rings. The Morgan fingerprint density at radius 1 is 1.21 bits per heavy atom. The van der Waals surface area contributed by atoms with Gasteiger partial charge in [-0.2, -0.15) is 0 Å². The molecule has 1 aromatic rings. The van der Waals surface area contributed by atoms with Gasteiger partial charge in [0.05, 0.1) is 3.39 Å². The lowest BCUT2D eigenvalue weighted by molar-refractivity contribution is 0.626. The minimum Gasteiger partial charge on any atom is -0.207 e. The van der Waals surface area contributed by atoms with Gasteiger partial charge in [-0.1, -0.05) is 18.2 Å². The minimum atomic E-state index is -0.170. The summed E-state index contributed by atoms with van der Waals surface area (Å²) in [6.07, 6.45) is 5.16. The fourth-order valence-electron chi connectivity index (χ4n) is 1.17. The molecule has 0 atom stereocenters. The van der Waals surface area contributed by atoms with E-state index in [9.17, 15) is 4.39 Å². The topological polar surface area (TPSA) is 0 Å². The Morgan fingerprint density at radius 2 is 1.86 bits per heavy atom. The summed E-state index contributed by atoms with van der Waals surface area (Å²) in [7, 11) is 0. The van der Waals surface area contributed by atoms with Crippen LogP contribution in [0.2, 0.25) is 0 Å². The highest BCUT2D eigenvalue weighted by molar-refractivity contribution is 9.28. The molecule has 0 saturated heterocycles. The highest BCUT2D eigenvalue weighted by Gasteiger charge is 1.93. The molecule has 76 valence electrons. The molecule has 0 aliphatic heterocycles. The molecule has 0 N–H and O–H groups in total. The van der Waals surface area contributed by atoms with Crippen LogP contribution in [0.5, 0.6) is 0 Å². The molecule has 0 bridgehead atoms. The number of halogens is 3. The van der Waals surface area contributed by atoms with Gasteiger partial charge in [0.2, 0.25) is 0 Å². The minimum absolute atomic E-state index is 0.170. The van der Waals surface area contributed by atoms with E-state index in [1.165, 1.54) is 17.7 Å². The zero-order valence-corrected chi connectivity index (χ0v) is 10.8. The van der Waals surface area contributed by atoms with Gasteiger partial charge in [0.15, 0.2) is 0 Å². The number of rotatable bonds is 4. The van der Waals surface area contributed by atoms with Gasteiger partial charge in [-0.05, 0) is 68.8 Å². The van der Waals surface area contributed by atoms with Crippen molar-refractivity contribution in [3.63, 3.8) is 0 Å². The average Bonchev–Trinajstić information content (AvgIpc) is 2.15. The molecule has 0 nitrogen and oxygen atoms in total. The van der Waals surface area contributed by atoms with Gasteiger partial charge in [0.1, 0.15) is 5.82 Å². The maximum atomic E-state index is 12.6. The molecule has 14 heavy (non-hydrogen) atoms. The molecule has 0 aliphatic carbocycles. The molecule has 0 aromatic heterocycles. The van der Waals surface area contributed by atoms with Crippen molar-refractivity contribution in [1.29, 1.82) is 0 Å². The molecule has 1 rings (SSSR count). The Kier molecular flexibility index (Phi) is 5.41. The maximum absolute atomic E-state index is 12.6. The Bertz CT molecular complexity index is 300. The molecule has 1 aromatic carbocycles. The first-order valence-corrected chi connectivity index (χ1v) is 6.02. The third-order valence-electron chi connectivity index (χ3n) is 1.88. The first kappa shape index (κ1) is 11.9. The molecule has 0 radical (unpaired) electrons. The van der Waals surface area contributed by atoms with Crippen molar-refractivity contribution < 1.29 is 4.39 Å². The van der Waals surface area contributed by atoms with Gasteiger partial charge in [-0.3, -0.25) is 0 Å². The van der Waals surface area contributed by atoms with Gasteiger partial charge in [0, 0.05) is 0 Å². The number of aryl methyl sites for hydroxylation is 1. The van der Waals surface area contributed by atoms with Crippen LogP contribution >= 0.6 is 31.9 Å². The summed E-state index contributed by atoms with van der Waals surface area (Å²) in [6, 6.07) is 6.68. The summed E-state index contributed by atoms with van der Waals surface area (Å²) in [6.45, 7) is 0. The number of hydrogen-bond acceptors (Lipinski definition) is 0. The van der Waals surface area contributed by atoms with E-state index in [1.807, 2.05) is 12.1 Å². The first-order chi connectivity index (χ1) is 6.68. The molecule has 0 spiro atoms. The zero-order chi connectivity index (χ0) is 10.4. The fourth-order valence-corrected chi connectivity index (χ4v) is 1.63. The van der Waals surface area contributed by atoms with E-state index >= 15 is 0 Å². The van der Waals surface area contributed by atoms with Gasteiger partial charge in [0.25, 0.3) is 0 Å². The van der Waals surface area contributed by atoms with E-state index in [1.54, 1.807) is 0 Å². The largest absolute Gasteiger partial charge is 0.207 e. The highest BCUT2D eigenvalue weighted by Crippen LogP contribution is 2.15. The maximum Gasteiger partial charge on any atom is 0.123 e. The first-order valence-electron chi connectivity index (χ1n) is 4.44. The Labute approximate surface area is 100 Å².